The minimum Gasteiger partial charge on any atom is -0.387 e. The van der Waals surface area contributed by atoms with Crippen molar-refractivity contribution in [2.24, 2.45) is 0 Å². The highest BCUT2D eigenvalue weighted by Crippen LogP contribution is 2.18. The first-order valence-corrected chi connectivity index (χ1v) is 6.44. The zero-order chi connectivity index (χ0) is 13.7. The molecule has 2 heterocycles. The summed E-state index contributed by atoms with van der Waals surface area (Å²) in [5, 5.41) is 9.71. The standard InChI is InChI=1S/C15H19N3O/c1-3-15(19)14-5-4-13(10-17-14)18(2)11-12-6-8-16-9-7-12/h4-10,15,19H,3,11H2,1-2H3. The predicted molar refractivity (Wildman–Crippen MR) is 75.8 cm³/mol. The maximum Gasteiger partial charge on any atom is 0.0957 e. The molecular formula is C15H19N3O. The van der Waals surface area contributed by atoms with Gasteiger partial charge in [-0.2, -0.15) is 0 Å². The van der Waals surface area contributed by atoms with Crippen LogP contribution in [0.25, 0.3) is 0 Å². The van der Waals surface area contributed by atoms with Crippen molar-refractivity contribution in [3.63, 3.8) is 0 Å². The molecule has 2 rings (SSSR count). The van der Waals surface area contributed by atoms with Crippen LogP contribution >= 0.6 is 0 Å². The Kier molecular flexibility index (Phi) is 4.47. The van der Waals surface area contributed by atoms with Crippen LogP contribution in [0.15, 0.2) is 42.9 Å². The molecule has 100 valence electrons. The van der Waals surface area contributed by atoms with Gasteiger partial charge in [0.05, 0.1) is 23.7 Å². The number of aliphatic hydroxyl groups excluding tert-OH is 1. The molecule has 4 heteroatoms. The van der Waals surface area contributed by atoms with Gasteiger partial charge >= 0.3 is 0 Å². The number of aromatic nitrogens is 2. The highest BCUT2D eigenvalue weighted by Gasteiger charge is 2.07. The summed E-state index contributed by atoms with van der Waals surface area (Å²) >= 11 is 0. The number of pyridine rings is 2. The van der Waals surface area contributed by atoms with E-state index < -0.39 is 6.10 Å². The Bertz CT molecular complexity index is 499. The van der Waals surface area contributed by atoms with E-state index in [2.05, 4.69) is 14.9 Å². The van der Waals surface area contributed by atoms with Gasteiger partial charge in [-0.3, -0.25) is 9.97 Å². The Morgan fingerprint density at radius 3 is 2.53 bits per heavy atom. The van der Waals surface area contributed by atoms with Crippen molar-refractivity contribution in [3.05, 3.63) is 54.1 Å². The Labute approximate surface area is 113 Å². The molecule has 0 radical (unpaired) electrons. The molecule has 2 aromatic rings. The van der Waals surface area contributed by atoms with Crippen LogP contribution in [0.5, 0.6) is 0 Å². The number of hydrogen-bond donors (Lipinski definition) is 1. The van der Waals surface area contributed by atoms with E-state index in [4.69, 9.17) is 0 Å². The van der Waals surface area contributed by atoms with Crippen LogP contribution in [0.1, 0.15) is 30.7 Å². The zero-order valence-corrected chi connectivity index (χ0v) is 11.3. The van der Waals surface area contributed by atoms with Gasteiger partial charge in [0, 0.05) is 26.0 Å². The van der Waals surface area contributed by atoms with Gasteiger partial charge in [-0.1, -0.05) is 6.92 Å². The Hall–Kier alpha value is -1.94. The number of hydrogen-bond acceptors (Lipinski definition) is 4. The summed E-state index contributed by atoms with van der Waals surface area (Å²) < 4.78 is 0. The molecule has 0 aromatic carbocycles. The maximum absolute atomic E-state index is 9.71. The smallest absolute Gasteiger partial charge is 0.0957 e. The van der Waals surface area contributed by atoms with E-state index in [1.165, 1.54) is 5.56 Å². The minimum atomic E-state index is -0.473. The lowest BCUT2D eigenvalue weighted by atomic mass is 10.2. The van der Waals surface area contributed by atoms with E-state index in [9.17, 15) is 5.11 Å². The number of nitrogens with zero attached hydrogens (tertiary/aromatic N) is 3. The molecular weight excluding hydrogens is 238 g/mol. The van der Waals surface area contributed by atoms with Crippen LogP contribution in [0, 0.1) is 0 Å². The van der Waals surface area contributed by atoms with Crippen LogP contribution in [-0.2, 0) is 6.54 Å². The monoisotopic (exact) mass is 257 g/mol. The first-order chi connectivity index (χ1) is 9.20. The average molecular weight is 257 g/mol. The lowest BCUT2D eigenvalue weighted by Crippen LogP contribution is -2.16. The van der Waals surface area contributed by atoms with Gasteiger partial charge in [0.2, 0.25) is 0 Å². The molecule has 0 saturated carbocycles. The Morgan fingerprint density at radius 1 is 1.21 bits per heavy atom. The van der Waals surface area contributed by atoms with Gasteiger partial charge in [0.15, 0.2) is 0 Å². The lowest BCUT2D eigenvalue weighted by molar-refractivity contribution is 0.169. The fraction of sp³-hybridized carbons (Fsp3) is 0.333. The quantitative estimate of drug-likeness (QED) is 0.894. The van der Waals surface area contributed by atoms with E-state index in [1.807, 2.05) is 38.2 Å². The molecule has 1 N–H and O–H groups in total. The van der Waals surface area contributed by atoms with Crippen LogP contribution in [0.2, 0.25) is 0 Å². The third kappa shape index (κ3) is 3.51. The molecule has 0 aliphatic rings. The van der Waals surface area contributed by atoms with Gasteiger partial charge in [-0.05, 0) is 36.2 Å². The van der Waals surface area contributed by atoms with Crippen molar-refractivity contribution in [2.75, 3.05) is 11.9 Å². The molecule has 0 saturated heterocycles. The van der Waals surface area contributed by atoms with Crippen molar-refractivity contribution >= 4 is 5.69 Å². The topological polar surface area (TPSA) is 49.2 Å². The molecule has 2 aromatic heterocycles. The molecule has 0 amide bonds. The molecule has 19 heavy (non-hydrogen) atoms. The normalized spacial score (nSPS) is 12.2. The molecule has 0 aliphatic carbocycles. The second-order valence-electron chi connectivity index (χ2n) is 4.58. The second kappa shape index (κ2) is 6.29. The second-order valence-corrected chi connectivity index (χ2v) is 4.58. The lowest BCUT2D eigenvalue weighted by Gasteiger charge is -2.19. The molecule has 0 bridgehead atoms. The predicted octanol–water partition coefficient (Wildman–Crippen LogP) is 2.56. The van der Waals surface area contributed by atoms with Gasteiger partial charge in [-0.15, -0.1) is 0 Å². The highest BCUT2D eigenvalue weighted by atomic mass is 16.3. The average Bonchev–Trinajstić information content (AvgIpc) is 2.47. The highest BCUT2D eigenvalue weighted by molar-refractivity contribution is 5.44. The van der Waals surface area contributed by atoms with E-state index in [0.717, 1.165) is 17.9 Å². The number of aliphatic hydroxyl groups is 1. The summed E-state index contributed by atoms with van der Waals surface area (Å²) in [5.41, 5.74) is 2.96. The summed E-state index contributed by atoms with van der Waals surface area (Å²) in [6.45, 7) is 2.75. The molecule has 1 atom stereocenters. The van der Waals surface area contributed by atoms with Crippen molar-refractivity contribution in [1.82, 2.24) is 9.97 Å². The molecule has 0 aliphatic heterocycles. The summed E-state index contributed by atoms with van der Waals surface area (Å²) in [6, 6.07) is 7.87. The summed E-state index contributed by atoms with van der Waals surface area (Å²) in [4.78, 5) is 10.4. The van der Waals surface area contributed by atoms with Crippen LogP contribution in [0.3, 0.4) is 0 Å². The molecule has 4 nitrogen and oxygen atoms in total. The van der Waals surface area contributed by atoms with Crippen LogP contribution in [-0.4, -0.2) is 22.1 Å². The zero-order valence-electron chi connectivity index (χ0n) is 11.3. The van der Waals surface area contributed by atoms with Crippen molar-refractivity contribution in [3.8, 4) is 0 Å². The van der Waals surface area contributed by atoms with E-state index in [-0.39, 0.29) is 0 Å². The van der Waals surface area contributed by atoms with E-state index in [0.29, 0.717) is 6.42 Å². The van der Waals surface area contributed by atoms with Crippen LogP contribution in [0.4, 0.5) is 5.69 Å². The SMILES string of the molecule is CCC(O)c1ccc(N(C)Cc2ccncc2)cn1. The third-order valence-corrected chi connectivity index (χ3v) is 3.11. The largest absolute Gasteiger partial charge is 0.387 e. The van der Waals surface area contributed by atoms with Crippen molar-refractivity contribution in [2.45, 2.75) is 26.0 Å². The molecule has 0 spiro atoms. The summed E-state index contributed by atoms with van der Waals surface area (Å²) in [7, 11) is 2.02. The van der Waals surface area contributed by atoms with Gasteiger partial charge in [-0.25, -0.2) is 0 Å². The fourth-order valence-corrected chi connectivity index (χ4v) is 1.88. The number of anilines is 1. The summed E-state index contributed by atoms with van der Waals surface area (Å²) in [6.07, 6.45) is 5.60. The summed E-state index contributed by atoms with van der Waals surface area (Å²) in [5.74, 6) is 0. The van der Waals surface area contributed by atoms with Crippen LogP contribution < -0.4 is 4.90 Å². The Morgan fingerprint density at radius 2 is 1.95 bits per heavy atom. The molecule has 0 fully saturated rings. The van der Waals surface area contributed by atoms with E-state index in [1.54, 1.807) is 18.6 Å². The fourth-order valence-electron chi connectivity index (χ4n) is 1.88. The van der Waals surface area contributed by atoms with Crippen molar-refractivity contribution < 1.29 is 5.11 Å². The van der Waals surface area contributed by atoms with Gasteiger partial charge in [0.1, 0.15) is 0 Å². The van der Waals surface area contributed by atoms with Crippen molar-refractivity contribution in [1.29, 1.82) is 0 Å². The Balaban J connectivity index is 2.05. The molecule has 1 unspecified atom stereocenters. The minimum absolute atomic E-state index is 0.473. The van der Waals surface area contributed by atoms with Gasteiger partial charge in [0.25, 0.3) is 0 Å². The van der Waals surface area contributed by atoms with Gasteiger partial charge < -0.3 is 10.0 Å². The first kappa shape index (κ1) is 13.5. The van der Waals surface area contributed by atoms with E-state index >= 15 is 0 Å². The first-order valence-electron chi connectivity index (χ1n) is 6.44. The third-order valence-electron chi connectivity index (χ3n) is 3.11. The maximum atomic E-state index is 9.71. The number of rotatable bonds is 5.